The molecule has 0 radical (unpaired) electrons. The Kier molecular flexibility index (Phi) is 12.7. The van der Waals surface area contributed by atoms with Gasteiger partial charge in [0.05, 0.1) is 4.92 Å². The maximum Gasteiger partial charge on any atom is 0.269 e. The molecule has 0 spiro atoms. The largest absolute Gasteiger partial charge is 0.396 e. The molecule has 1 aromatic carbocycles. The van der Waals surface area contributed by atoms with E-state index in [0.29, 0.717) is 0 Å². The fourth-order valence-corrected chi connectivity index (χ4v) is 1.05. The summed E-state index contributed by atoms with van der Waals surface area (Å²) >= 11 is 0. The summed E-state index contributed by atoms with van der Waals surface area (Å²) in [5, 5.41) is 19.3. The molecule has 1 N–H and O–H groups in total. The van der Waals surface area contributed by atoms with Gasteiger partial charge in [-0.1, -0.05) is 53.2 Å². The highest BCUT2D eigenvalue weighted by Crippen LogP contribution is 2.19. The molecule has 4 nitrogen and oxygen atoms in total. The summed E-state index contributed by atoms with van der Waals surface area (Å²) in [6.45, 7) is 10.1. The summed E-state index contributed by atoms with van der Waals surface area (Å²) in [4.78, 5) is 9.97. The summed E-state index contributed by atoms with van der Waals surface area (Å²) < 4.78 is 0. The number of nitro groups is 1. The van der Waals surface area contributed by atoms with Crippen molar-refractivity contribution in [3.63, 3.8) is 0 Å². The highest BCUT2D eigenvalue weighted by molar-refractivity contribution is 5.35. The second-order valence-corrected chi connectivity index (χ2v) is 3.64. The van der Waals surface area contributed by atoms with E-state index in [4.69, 9.17) is 5.11 Å². The molecule has 0 saturated heterocycles. The average Bonchev–Trinajstić information content (AvgIpc) is 2.41. The van der Waals surface area contributed by atoms with Crippen molar-refractivity contribution in [1.82, 2.24) is 0 Å². The van der Waals surface area contributed by atoms with Crippen LogP contribution in [0.15, 0.2) is 24.3 Å². The summed E-state index contributed by atoms with van der Waals surface area (Å²) in [5.41, 5.74) is 0.856. The number of aliphatic hydroxyl groups excluding tert-OH is 1. The minimum Gasteiger partial charge on any atom is -0.396 e. The molecular weight excluding hydrogens is 230 g/mol. The number of hydrogen-bond acceptors (Lipinski definition) is 3. The van der Waals surface area contributed by atoms with Crippen LogP contribution in [0, 0.1) is 10.1 Å². The van der Waals surface area contributed by atoms with Gasteiger partial charge in [0.25, 0.3) is 5.69 Å². The van der Waals surface area contributed by atoms with Crippen molar-refractivity contribution < 1.29 is 10.0 Å². The van der Waals surface area contributed by atoms with Gasteiger partial charge in [-0.2, -0.15) is 0 Å². The maximum absolute atomic E-state index is 10.4. The molecule has 1 rings (SSSR count). The lowest BCUT2D eigenvalue weighted by Gasteiger charge is -2.06. The minimum absolute atomic E-state index is 0.00116. The van der Waals surface area contributed by atoms with Crippen molar-refractivity contribution in [2.24, 2.45) is 0 Å². The van der Waals surface area contributed by atoms with E-state index in [2.05, 4.69) is 13.8 Å². The van der Waals surface area contributed by atoms with E-state index in [1.54, 1.807) is 12.1 Å². The Balaban J connectivity index is 0. The highest BCUT2D eigenvalue weighted by atomic mass is 16.6. The van der Waals surface area contributed by atoms with Gasteiger partial charge in [0.2, 0.25) is 0 Å². The lowest BCUT2D eigenvalue weighted by Crippen LogP contribution is -1.99. The van der Waals surface area contributed by atoms with Gasteiger partial charge in [-0.25, -0.2) is 0 Å². The molecule has 1 unspecified atom stereocenters. The number of non-ortho nitro benzene ring substituents is 1. The number of nitro benzene ring substituents is 1. The Morgan fingerprint density at radius 1 is 1.33 bits per heavy atom. The Labute approximate surface area is 110 Å². The fraction of sp³-hybridized carbons (Fsp3) is 0.571. The van der Waals surface area contributed by atoms with E-state index in [1.807, 2.05) is 20.8 Å². The lowest BCUT2D eigenvalue weighted by atomic mass is 10.0. The van der Waals surface area contributed by atoms with Crippen LogP contribution in [0.25, 0.3) is 0 Å². The first kappa shape index (κ1) is 18.9. The van der Waals surface area contributed by atoms with Crippen molar-refractivity contribution in [3.8, 4) is 0 Å². The molecule has 1 aromatic rings. The van der Waals surface area contributed by atoms with Gasteiger partial charge in [-0.15, -0.1) is 0 Å². The first-order valence-electron chi connectivity index (χ1n) is 6.41. The Morgan fingerprint density at radius 3 is 2.22 bits per heavy atom. The van der Waals surface area contributed by atoms with E-state index in [-0.39, 0.29) is 18.2 Å². The van der Waals surface area contributed by atoms with Gasteiger partial charge in [0.1, 0.15) is 0 Å². The number of hydrogen-bond donors (Lipinski definition) is 1. The van der Waals surface area contributed by atoms with E-state index >= 15 is 0 Å². The Hall–Kier alpha value is -1.42. The first-order chi connectivity index (χ1) is 8.56. The standard InChI is InChI=1S/C9H11NO3.C3H8.C2H6/c1-7(6-11)8-3-2-4-9(5-8)10(12)13;1-3-2;1-2/h2-5,7,11H,6H2,1H3;3H2,1-2H3;1-2H3. The molecule has 104 valence electrons. The third kappa shape index (κ3) is 7.79. The molecule has 0 bridgehead atoms. The summed E-state index contributed by atoms with van der Waals surface area (Å²) in [6, 6.07) is 6.32. The van der Waals surface area contributed by atoms with Gasteiger partial charge >= 0.3 is 0 Å². The van der Waals surface area contributed by atoms with Crippen LogP contribution in [0.4, 0.5) is 5.69 Å². The van der Waals surface area contributed by atoms with Crippen molar-refractivity contribution in [2.75, 3.05) is 6.61 Å². The van der Waals surface area contributed by atoms with Gasteiger partial charge < -0.3 is 5.11 Å². The van der Waals surface area contributed by atoms with Gasteiger partial charge in [-0.05, 0) is 5.56 Å². The SMILES string of the molecule is CC.CC(CO)c1cccc([N+](=O)[O-])c1.CCC. The number of nitrogens with zero attached hydrogens (tertiary/aromatic N) is 1. The number of rotatable bonds is 3. The quantitative estimate of drug-likeness (QED) is 0.652. The number of aliphatic hydroxyl groups is 1. The number of benzene rings is 1. The lowest BCUT2D eigenvalue weighted by molar-refractivity contribution is -0.384. The summed E-state index contributed by atoms with van der Waals surface area (Å²) in [5.74, 6) is -0.0556. The van der Waals surface area contributed by atoms with Gasteiger partial charge in [0.15, 0.2) is 0 Å². The van der Waals surface area contributed by atoms with Gasteiger partial charge in [0, 0.05) is 24.7 Å². The molecule has 18 heavy (non-hydrogen) atoms. The van der Waals surface area contributed by atoms with E-state index in [0.717, 1.165) is 5.56 Å². The first-order valence-corrected chi connectivity index (χ1v) is 6.41. The van der Waals surface area contributed by atoms with Crippen LogP contribution in [0.5, 0.6) is 0 Å². The van der Waals surface area contributed by atoms with Crippen molar-refractivity contribution >= 4 is 5.69 Å². The zero-order valence-corrected chi connectivity index (χ0v) is 12.0. The van der Waals surface area contributed by atoms with E-state index in [1.165, 1.54) is 18.6 Å². The Morgan fingerprint density at radius 2 is 1.83 bits per heavy atom. The molecule has 4 heteroatoms. The molecule has 0 aliphatic heterocycles. The second kappa shape index (κ2) is 12.0. The monoisotopic (exact) mass is 255 g/mol. The predicted octanol–water partition coefficient (Wildman–Crippen LogP) is 4.13. The third-order valence-corrected chi connectivity index (χ3v) is 1.92. The third-order valence-electron chi connectivity index (χ3n) is 1.92. The van der Waals surface area contributed by atoms with Crippen LogP contribution in [-0.2, 0) is 0 Å². The minimum atomic E-state index is -0.437. The molecule has 0 aliphatic rings. The Bertz CT molecular complexity index is 327. The van der Waals surface area contributed by atoms with Gasteiger partial charge in [-0.3, -0.25) is 10.1 Å². The normalized spacial score (nSPS) is 10.3. The molecule has 0 saturated carbocycles. The zero-order valence-electron chi connectivity index (χ0n) is 12.0. The molecule has 0 aliphatic carbocycles. The fourth-order valence-electron chi connectivity index (χ4n) is 1.05. The van der Waals surface area contributed by atoms with E-state index in [9.17, 15) is 10.1 Å². The highest BCUT2D eigenvalue weighted by Gasteiger charge is 2.09. The molecule has 0 fully saturated rings. The van der Waals surface area contributed by atoms with Crippen LogP contribution >= 0.6 is 0 Å². The zero-order chi connectivity index (χ0) is 14.6. The summed E-state index contributed by atoms with van der Waals surface area (Å²) in [7, 11) is 0. The smallest absolute Gasteiger partial charge is 0.269 e. The van der Waals surface area contributed by atoms with Crippen LogP contribution < -0.4 is 0 Å². The van der Waals surface area contributed by atoms with Crippen LogP contribution in [0.3, 0.4) is 0 Å². The van der Waals surface area contributed by atoms with Crippen LogP contribution in [-0.4, -0.2) is 16.6 Å². The summed E-state index contributed by atoms with van der Waals surface area (Å²) in [6.07, 6.45) is 1.25. The average molecular weight is 255 g/mol. The second-order valence-electron chi connectivity index (χ2n) is 3.64. The molecule has 0 amide bonds. The molecular formula is C14H25NO3. The van der Waals surface area contributed by atoms with Crippen LogP contribution in [0.2, 0.25) is 0 Å². The predicted molar refractivity (Wildman–Crippen MR) is 75.9 cm³/mol. The molecule has 0 heterocycles. The van der Waals surface area contributed by atoms with E-state index < -0.39 is 4.92 Å². The van der Waals surface area contributed by atoms with Crippen molar-refractivity contribution in [1.29, 1.82) is 0 Å². The van der Waals surface area contributed by atoms with Crippen molar-refractivity contribution in [3.05, 3.63) is 39.9 Å². The van der Waals surface area contributed by atoms with Crippen LogP contribution in [0.1, 0.15) is 52.5 Å². The molecule has 1 atom stereocenters. The topological polar surface area (TPSA) is 63.4 Å². The molecule has 0 aromatic heterocycles. The van der Waals surface area contributed by atoms with Crippen molar-refractivity contribution in [2.45, 2.75) is 47.0 Å². The maximum atomic E-state index is 10.4.